The van der Waals surface area contributed by atoms with E-state index >= 15 is 0 Å². The molecule has 0 rings (SSSR count). The standard InChI is InChI=1S/C17H29N3O7S/c1-17(2,3)27-13(22)8-12(15(24)18-9-14(23)26-4)20-16(25)11(19-10-21)6-7-28-5/h10-12H,6-9H2,1-5H3,(H,18,24)(H,19,21)(H,20,25)/t11-,12-/m0/s1. The van der Waals surface area contributed by atoms with Crippen molar-refractivity contribution in [2.45, 2.75) is 51.3 Å². The van der Waals surface area contributed by atoms with Gasteiger partial charge in [0.15, 0.2) is 0 Å². The smallest absolute Gasteiger partial charge is 0.325 e. The largest absolute Gasteiger partial charge is 0.468 e. The molecule has 3 N–H and O–H groups in total. The van der Waals surface area contributed by atoms with Crippen LogP contribution in [0.15, 0.2) is 0 Å². The second-order valence-corrected chi connectivity index (χ2v) is 7.75. The number of hydrogen-bond donors (Lipinski definition) is 3. The van der Waals surface area contributed by atoms with Gasteiger partial charge in [0.2, 0.25) is 18.2 Å². The number of hydrogen-bond acceptors (Lipinski definition) is 8. The number of nitrogens with one attached hydrogen (secondary N) is 3. The topological polar surface area (TPSA) is 140 Å². The summed E-state index contributed by atoms with van der Waals surface area (Å²) in [5.74, 6) is -2.15. The molecule has 0 heterocycles. The molecule has 0 saturated heterocycles. The maximum Gasteiger partial charge on any atom is 0.325 e. The quantitative estimate of drug-likeness (QED) is 0.280. The van der Waals surface area contributed by atoms with Crippen molar-refractivity contribution >= 4 is 41.9 Å². The maximum absolute atomic E-state index is 12.4. The van der Waals surface area contributed by atoms with Gasteiger partial charge in [-0.3, -0.25) is 24.0 Å². The first-order valence-corrected chi connectivity index (χ1v) is 9.98. The lowest BCUT2D eigenvalue weighted by molar-refractivity contribution is -0.156. The van der Waals surface area contributed by atoms with Gasteiger partial charge in [-0.05, 0) is 39.2 Å². The van der Waals surface area contributed by atoms with Crippen molar-refractivity contribution < 1.29 is 33.4 Å². The second-order valence-electron chi connectivity index (χ2n) is 6.76. The Balaban J connectivity index is 5.19. The Kier molecular flexibility index (Phi) is 11.9. The minimum absolute atomic E-state index is 0.342. The Morgan fingerprint density at radius 1 is 1.07 bits per heavy atom. The first-order valence-electron chi connectivity index (χ1n) is 8.59. The number of carbonyl (C=O) groups is 5. The van der Waals surface area contributed by atoms with Crippen molar-refractivity contribution in [1.82, 2.24) is 16.0 Å². The Labute approximate surface area is 168 Å². The summed E-state index contributed by atoms with van der Waals surface area (Å²) in [5, 5.41) is 7.11. The second kappa shape index (κ2) is 13.0. The minimum Gasteiger partial charge on any atom is -0.468 e. The molecule has 0 unspecified atom stereocenters. The Morgan fingerprint density at radius 2 is 1.71 bits per heavy atom. The maximum atomic E-state index is 12.4. The van der Waals surface area contributed by atoms with E-state index in [9.17, 15) is 24.0 Å². The minimum atomic E-state index is -1.28. The summed E-state index contributed by atoms with van der Waals surface area (Å²) in [5.41, 5.74) is -0.770. The number of thioether (sulfide) groups is 1. The normalized spacial score (nSPS) is 12.9. The van der Waals surface area contributed by atoms with E-state index in [0.29, 0.717) is 18.6 Å². The molecule has 0 aromatic rings. The Bertz CT molecular complexity index is 563. The number of esters is 2. The van der Waals surface area contributed by atoms with Crippen LogP contribution < -0.4 is 16.0 Å². The summed E-state index contributed by atoms with van der Waals surface area (Å²) >= 11 is 1.49. The highest BCUT2D eigenvalue weighted by molar-refractivity contribution is 7.98. The van der Waals surface area contributed by atoms with Crippen molar-refractivity contribution in [2.24, 2.45) is 0 Å². The van der Waals surface area contributed by atoms with E-state index in [2.05, 4.69) is 20.7 Å². The van der Waals surface area contributed by atoms with Crippen LogP contribution in [0.3, 0.4) is 0 Å². The summed E-state index contributed by atoms with van der Waals surface area (Å²) in [7, 11) is 1.16. The number of rotatable bonds is 12. The third-order valence-electron chi connectivity index (χ3n) is 3.25. The van der Waals surface area contributed by atoms with E-state index in [1.807, 2.05) is 6.26 Å². The molecule has 28 heavy (non-hydrogen) atoms. The van der Waals surface area contributed by atoms with Crippen LogP contribution >= 0.6 is 11.8 Å². The highest BCUT2D eigenvalue weighted by atomic mass is 32.2. The molecule has 0 fully saturated rings. The van der Waals surface area contributed by atoms with E-state index in [-0.39, 0.29) is 0 Å². The van der Waals surface area contributed by atoms with Crippen LogP contribution in [-0.4, -0.2) is 73.5 Å². The van der Waals surface area contributed by atoms with Gasteiger partial charge in [-0.25, -0.2) is 0 Å². The van der Waals surface area contributed by atoms with Gasteiger partial charge in [-0.1, -0.05) is 0 Å². The molecule has 2 atom stereocenters. The molecule has 3 amide bonds. The van der Waals surface area contributed by atoms with Crippen LogP contribution in [0.1, 0.15) is 33.6 Å². The average molecular weight is 420 g/mol. The van der Waals surface area contributed by atoms with Crippen molar-refractivity contribution in [3.8, 4) is 0 Å². The first-order chi connectivity index (χ1) is 13.0. The molecular weight excluding hydrogens is 390 g/mol. The number of amides is 3. The van der Waals surface area contributed by atoms with E-state index in [1.54, 1.807) is 20.8 Å². The van der Waals surface area contributed by atoms with E-state index in [0.717, 1.165) is 7.11 Å². The molecule has 0 aromatic heterocycles. The fourth-order valence-electron chi connectivity index (χ4n) is 1.99. The molecule has 0 aliphatic rings. The first kappa shape index (κ1) is 25.7. The third kappa shape index (κ3) is 11.4. The van der Waals surface area contributed by atoms with Gasteiger partial charge in [0.25, 0.3) is 0 Å². The lowest BCUT2D eigenvalue weighted by Crippen LogP contribution is -2.54. The summed E-state index contributed by atoms with van der Waals surface area (Å²) in [6, 6.07) is -2.14. The van der Waals surface area contributed by atoms with E-state index in [1.165, 1.54) is 11.8 Å². The summed E-state index contributed by atoms with van der Waals surface area (Å²) in [6.07, 6.45) is 2.15. The van der Waals surface area contributed by atoms with Crippen LogP contribution in [0.4, 0.5) is 0 Å². The van der Waals surface area contributed by atoms with Gasteiger partial charge >= 0.3 is 11.9 Å². The average Bonchev–Trinajstić information content (AvgIpc) is 2.60. The van der Waals surface area contributed by atoms with Gasteiger partial charge in [0, 0.05) is 0 Å². The van der Waals surface area contributed by atoms with Gasteiger partial charge < -0.3 is 25.4 Å². The Morgan fingerprint density at radius 3 is 2.21 bits per heavy atom. The van der Waals surface area contributed by atoms with Crippen LogP contribution in [0, 0.1) is 0 Å². The zero-order chi connectivity index (χ0) is 21.7. The van der Waals surface area contributed by atoms with Gasteiger partial charge in [-0.2, -0.15) is 11.8 Å². The summed E-state index contributed by atoms with van der Waals surface area (Å²) in [6.45, 7) is 4.59. The van der Waals surface area contributed by atoms with Crippen LogP contribution in [0.2, 0.25) is 0 Å². The van der Waals surface area contributed by atoms with Crippen molar-refractivity contribution in [3.05, 3.63) is 0 Å². The predicted molar refractivity (Wildman–Crippen MR) is 103 cm³/mol. The number of carbonyl (C=O) groups excluding carboxylic acids is 5. The third-order valence-corrected chi connectivity index (χ3v) is 3.90. The highest BCUT2D eigenvalue weighted by Gasteiger charge is 2.29. The van der Waals surface area contributed by atoms with Crippen molar-refractivity contribution in [1.29, 1.82) is 0 Å². The lowest BCUT2D eigenvalue weighted by Gasteiger charge is -2.24. The van der Waals surface area contributed by atoms with Gasteiger partial charge in [0.1, 0.15) is 24.2 Å². The fourth-order valence-corrected chi connectivity index (χ4v) is 2.47. The molecule has 0 saturated carbocycles. The van der Waals surface area contributed by atoms with Crippen LogP contribution in [0.25, 0.3) is 0 Å². The summed E-state index contributed by atoms with van der Waals surface area (Å²) < 4.78 is 9.62. The highest BCUT2D eigenvalue weighted by Crippen LogP contribution is 2.10. The SMILES string of the molecule is COC(=O)CNC(=O)[C@H](CC(=O)OC(C)(C)C)NC(=O)[C@H](CCSC)NC=O. The van der Waals surface area contributed by atoms with Crippen LogP contribution in [0.5, 0.6) is 0 Å². The molecule has 160 valence electrons. The predicted octanol–water partition coefficient (Wildman–Crippen LogP) is -0.640. The Hall–Kier alpha value is -2.30. The molecule has 0 bridgehead atoms. The molecule has 10 nitrogen and oxygen atoms in total. The number of ether oxygens (including phenoxy) is 2. The fraction of sp³-hybridized carbons (Fsp3) is 0.706. The van der Waals surface area contributed by atoms with Gasteiger partial charge in [0.05, 0.1) is 13.5 Å². The van der Waals surface area contributed by atoms with Gasteiger partial charge in [-0.15, -0.1) is 0 Å². The molecule has 0 aliphatic carbocycles. The molecular formula is C17H29N3O7S. The lowest BCUT2D eigenvalue weighted by atomic mass is 10.1. The number of methoxy groups -OCH3 is 1. The monoisotopic (exact) mass is 419 g/mol. The zero-order valence-electron chi connectivity index (χ0n) is 16.8. The van der Waals surface area contributed by atoms with Crippen LogP contribution in [-0.2, 0) is 33.4 Å². The molecule has 0 spiro atoms. The molecule has 11 heteroatoms. The van der Waals surface area contributed by atoms with E-state index in [4.69, 9.17) is 4.74 Å². The summed E-state index contributed by atoms with van der Waals surface area (Å²) in [4.78, 5) is 58.9. The van der Waals surface area contributed by atoms with Crippen molar-refractivity contribution in [3.63, 3.8) is 0 Å². The zero-order valence-corrected chi connectivity index (χ0v) is 17.6. The molecule has 0 radical (unpaired) electrons. The van der Waals surface area contributed by atoms with E-state index < -0.39 is 54.4 Å². The van der Waals surface area contributed by atoms with Crippen molar-refractivity contribution in [2.75, 3.05) is 25.7 Å². The molecule has 0 aromatic carbocycles. The molecule has 0 aliphatic heterocycles.